The van der Waals surface area contributed by atoms with E-state index in [9.17, 15) is 4.79 Å². The topological polar surface area (TPSA) is 79.4 Å². The van der Waals surface area contributed by atoms with Gasteiger partial charge in [-0.15, -0.1) is 0 Å². The summed E-state index contributed by atoms with van der Waals surface area (Å²) in [6.45, 7) is 4.59. The first-order valence-electron chi connectivity index (χ1n) is 8.36. The number of hydrogen-bond acceptors (Lipinski definition) is 4. The lowest BCUT2D eigenvalue weighted by atomic mass is 10.1. The Morgan fingerprint density at radius 2 is 2.08 bits per heavy atom. The van der Waals surface area contributed by atoms with E-state index >= 15 is 0 Å². The van der Waals surface area contributed by atoms with Gasteiger partial charge in [-0.3, -0.25) is 9.89 Å². The number of nitrogens with one attached hydrogen (secondary N) is 2. The molecule has 2 N–H and O–H groups in total. The molecule has 2 aromatic rings. The summed E-state index contributed by atoms with van der Waals surface area (Å²) in [6.07, 6.45) is 3.04. The minimum atomic E-state index is -0.296. The molecule has 1 aliphatic rings. The quantitative estimate of drug-likeness (QED) is 0.605. The molecule has 0 spiro atoms. The van der Waals surface area contributed by atoms with Crippen molar-refractivity contribution < 1.29 is 9.53 Å². The fraction of sp³-hybridized carbons (Fsp3) is 0.389. The van der Waals surface area contributed by atoms with E-state index in [2.05, 4.69) is 20.7 Å². The minimum absolute atomic E-state index is 0.296. The molecule has 0 atom stereocenters. The zero-order valence-corrected chi connectivity index (χ0v) is 14.0. The van der Waals surface area contributed by atoms with E-state index in [0.717, 1.165) is 22.7 Å². The summed E-state index contributed by atoms with van der Waals surface area (Å²) in [5.74, 6) is 1.07. The van der Waals surface area contributed by atoms with Crippen LogP contribution in [0.4, 0.5) is 0 Å². The Morgan fingerprint density at radius 3 is 2.71 bits per heavy atom. The average Bonchev–Trinajstić information content (AvgIpc) is 3.34. The van der Waals surface area contributed by atoms with Crippen LogP contribution in [0, 0.1) is 0 Å². The fourth-order valence-electron chi connectivity index (χ4n) is 2.49. The van der Waals surface area contributed by atoms with Crippen molar-refractivity contribution in [3.8, 4) is 5.75 Å². The van der Waals surface area contributed by atoms with Crippen LogP contribution in [0.1, 0.15) is 60.8 Å². The number of aromatic nitrogens is 2. The van der Waals surface area contributed by atoms with E-state index in [0.29, 0.717) is 24.6 Å². The van der Waals surface area contributed by atoms with Crippen LogP contribution in [0.3, 0.4) is 0 Å². The molecule has 3 rings (SSSR count). The highest BCUT2D eigenvalue weighted by atomic mass is 16.5. The maximum absolute atomic E-state index is 12.2. The molecule has 6 heteroatoms. The zero-order chi connectivity index (χ0) is 16.9. The van der Waals surface area contributed by atoms with Crippen LogP contribution >= 0.6 is 0 Å². The summed E-state index contributed by atoms with van der Waals surface area (Å²) >= 11 is 0. The van der Waals surface area contributed by atoms with Gasteiger partial charge < -0.3 is 4.74 Å². The lowest BCUT2D eigenvalue weighted by molar-refractivity contribution is 0.0950. The highest BCUT2D eigenvalue weighted by molar-refractivity contribution is 6.01. The second-order valence-corrected chi connectivity index (χ2v) is 5.79. The molecule has 0 bridgehead atoms. The molecule has 0 unspecified atom stereocenters. The first-order valence-corrected chi connectivity index (χ1v) is 8.36. The van der Waals surface area contributed by atoms with Crippen LogP contribution in [0.5, 0.6) is 5.75 Å². The Morgan fingerprint density at radius 1 is 1.33 bits per heavy atom. The van der Waals surface area contributed by atoms with E-state index in [1.165, 1.54) is 12.8 Å². The third kappa shape index (κ3) is 3.82. The normalized spacial score (nSPS) is 14.5. The summed E-state index contributed by atoms with van der Waals surface area (Å²) in [5, 5.41) is 11.2. The summed E-state index contributed by atoms with van der Waals surface area (Å²) in [5.41, 5.74) is 5.78. The fourth-order valence-corrected chi connectivity index (χ4v) is 2.49. The van der Waals surface area contributed by atoms with Crippen molar-refractivity contribution in [2.75, 3.05) is 6.61 Å². The number of hydrogen-bond donors (Lipinski definition) is 2. The third-order valence-corrected chi connectivity index (χ3v) is 3.97. The van der Waals surface area contributed by atoms with Crippen LogP contribution in [-0.4, -0.2) is 28.4 Å². The van der Waals surface area contributed by atoms with Gasteiger partial charge in [0, 0.05) is 11.6 Å². The van der Waals surface area contributed by atoms with Gasteiger partial charge in [0.25, 0.3) is 5.91 Å². The molecule has 1 heterocycles. The van der Waals surface area contributed by atoms with Crippen LogP contribution in [0.25, 0.3) is 0 Å². The Hall–Kier alpha value is -2.63. The highest BCUT2D eigenvalue weighted by Crippen LogP contribution is 2.38. The van der Waals surface area contributed by atoms with Gasteiger partial charge in [-0.2, -0.15) is 10.2 Å². The Balaban J connectivity index is 1.66. The molecule has 1 aliphatic carbocycles. The van der Waals surface area contributed by atoms with Crippen molar-refractivity contribution in [1.82, 2.24) is 15.6 Å². The molecule has 0 aliphatic heterocycles. The van der Waals surface area contributed by atoms with Crippen molar-refractivity contribution >= 4 is 11.6 Å². The molecule has 1 aromatic heterocycles. The summed E-state index contributed by atoms with van der Waals surface area (Å²) in [4.78, 5) is 12.2. The summed E-state index contributed by atoms with van der Waals surface area (Å²) in [6, 6.07) is 9.51. The molecule has 0 saturated heterocycles. The first kappa shape index (κ1) is 16.2. The highest BCUT2D eigenvalue weighted by Gasteiger charge is 2.26. The number of aromatic amines is 1. The van der Waals surface area contributed by atoms with Gasteiger partial charge in [0.1, 0.15) is 5.75 Å². The van der Waals surface area contributed by atoms with Gasteiger partial charge in [0.05, 0.1) is 12.3 Å². The van der Waals surface area contributed by atoms with Crippen LogP contribution in [0.15, 0.2) is 35.4 Å². The average molecular weight is 326 g/mol. The number of H-pyrrole nitrogens is 1. The largest absolute Gasteiger partial charge is 0.494 e. The Labute approximate surface area is 141 Å². The van der Waals surface area contributed by atoms with Gasteiger partial charge in [-0.1, -0.05) is 6.92 Å². The van der Waals surface area contributed by atoms with E-state index in [1.54, 1.807) is 0 Å². The second-order valence-electron chi connectivity index (χ2n) is 5.79. The molecule has 24 heavy (non-hydrogen) atoms. The van der Waals surface area contributed by atoms with Crippen molar-refractivity contribution in [2.24, 2.45) is 5.10 Å². The van der Waals surface area contributed by atoms with Gasteiger partial charge in [-0.25, -0.2) is 5.43 Å². The van der Waals surface area contributed by atoms with Crippen molar-refractivity contribution in [1.29, 1.82) is 0 Å². The molecular weight excluding hydrogens is 304 g/mol. The van der Waals surface area contributed by atoms with Crippen LogP contribution in [-0.2, 0) is 0 Å². The summed E-state index contributed by atoms with van der Waals surface area (Å²) < 4.78 is 5.44. The van der Waals surface area contributed by atoms with Crippen LogP contribution < -0.4 is 10.2 Å². The van der Waals surface area contributed by atoms with E-state index in [4.69, 9.17) is 4.74 Å². The number of carbonyl (C=O) groups is 1. The lowest BCUT2D eigenvalue weighted by Gasteiger charge is -2.07. The zero-order valence-electron chi connectivity index (χ0n) is 14.0. The minimum Gasteiger partial charge on any atom is -0.494 e. The number of ether oxygens (including phenoxy) is 1. The molecule has 1 aromatic carbocycles. The monoisotopic (exact) mass is 326 g/mol. The van der Waals surface area contributed by atoms with Crippen molar-refractivity contribution in [3.63, 3.8) is 0 Å². The lowest BCUT2D eigenvalue weighted by Crippen LogP contribution is -2.20. The first-order chi connectivity index (χ1) is 11.7. The van der Waals surface area contributed by atoms with Gasteiger partial charge in [0.2, 0.25) is 0 Å². The van der Waals surface area contributed by atoms with E-state index in [-0.39, 0.29) is 5.91 Å². The molecule has 126 valence electrons. The Kier molecular flexibility index (Phi) is 4.93. The molecular formula is C18H22N4O2. The Bertz CT molecular complexity index is 730. The molecule has 0 radical (unpaired) electrons. The predicted octanol–water partition coefficient (Wildman–Crippen LogP) is 3.23. The predicted molar refractivity (Wildman–Crippen MR) is 92.5 cm³/mol. The summed E-state index contributed by atoms with van der Waals surface area (Å²) in [7, 11) is 0. The number of carbonyl (C=O) groups excluding carboxylic acids is 1. The molecule has 1 amide bonds. The van der Waals surface area contributed by atoms with E-state index in [1.807, 2.05) is 44.2 Å². The van der Waals surface area contributed by atoms with Gasteiger partial charge in [-0.05, 0) is 62.1 Å². The van der Waals surface area contributed by atoms with Gasteiger partial charge >= 0.3 is 0 Å². The maximum Gasteiger partial charge on any atom is 0.291 e. The number of hydrazone groups is 1. The number of amides is 1. The molecule has 6 nitrogen and oxygen atoms in total. The van der Waals surface area contributed by atoms with Crippen molar-refractivity contribution in [2.45, 2.75) is 39.0 Å². The molecule has 1 saturated carbocycles. The van der Waals surface area contributed by atoms with Crippen molar-refractivity contribution in [3.05, 3.63) is 47.3 Å². The second kappa shape index (κ2) is 7.29. The van der Waals surface area contributed by atoms with Gasteiger partial charge in [0.15, 0.2) is 5.69 Å². The third-order valence-electron chi connectivity index (χ3n) is 3.97. The van der Waals surface area contributed by atoms with E-state index < -0.39 is 0 Å². The SMILES string of the molecule is CCOc1ccc(/C(CC)=N/NC(=O)c2cc(C3CC3)[nH]n2)cc1. The number of benzene rings is 1. The molecule has 1 fully saturated rings. The van der Waals surface area contributed by atoms with Crippen LogP contribution in [0.2, 0.25) is 0 Å². The smallest absolute Gasteiger partial charge is 0.291 e. The standard InChI is InChI=1S/C18H22N4O2/c1-3-15(12-7-9-14(10-8-12)24-4-2)19-22-18(23)17-11-16(20-21-17)13-5-6-13/h7-11,13H,3-6H2,1-2H3,(H,20,21)(H,22,23)/b19-15+. The maximum atomic E-state index is 12.2. The number of nitrogens with zero attached hydrogens (tertiary/aromatic N) is 2. The number of rotatable bonds is 7.